The zero-order valence-corrected chi connectivity index (χ0v) is 17.1. The van der Waals surface area contributed by atoms with Gasteiger partial charge >= 0.3 is 6.03 Å². The van der Waals surface area contributed by atoms with Crippen molar-refractivity contribution in [1.29, 1.82) is 0 Å². The van der Waals surface area contributed by atoms with E-state index in [0.29, 0.717) is 49.6 Å². The predicted octanol–water partition coefficient (Wildman–Crippen LogP) is 4.40. The molecule has 1 aliphatic carbocycles. The maximum Gasteiger partial charge on any atom is 0.322 e. The SMILES string of the molecule is CCOCCCNC(=O)N1c2ccccc2NC2=C(C(=O)CCC2)C1c1ccco1. The Morgan fingerprint density at radius 1 is 1.27 bits per heavy atom. The Morgan fingerprint density at radius 3 is 2.93 bits per heavy atom. The Hall–Kier alpha value is -3.06. The number of rotatable bonds is 6. The molecule has 0 saturated heterocycles. The Bertz CT molecular complexity index is 936. The molecular formula is C23H27N3O4. The number of allylic oxidation sites excluding steroid dienone is 1. The van der Waals surface area contributed by atoms with Crippen LogP contribution >= 0.6 is 0 Å². The van der Waals surface area contributed by atoms with Gasteiger partial charge < -0.3 is 19.8 Å². The lowest BCUT2D eigenvalue weighted by molar-refractivity contribution is -0.116. The summed E-state index contributed by atoms with van der Waals surface area (Å²) >= 11 is 0. The van der Waals surface area contributed by atoms with Gasteiger partial charge in [-0.1, -0.05) is 12.1 Å². The third-order valence-corrected chi connectivity index (χ3v) is 5.41. The van der Waals surface area contributed by atoms with E-state index in [-0.39, 0.29) is 11.8 Å². The molecule has 158 valence electrons. The first-order valence-corrected chi connectivity index (χ1v) is 10.5. The van der Waals surface area contributed by atoms with E-state index in [1.165, 1.54) is 0 Å². The summed E-state index contributed by atoms with van der Waals surface area (Å²) < 4.78 is 11.1. The highest BCUT2D eigenvalue weighted by molar-refractivity contribution is 6.05. The third-order valence-electron chi connectivity index (χ3n) is 5.41. The zero-order chi connectivity index (χ0) is 20.9. The fourth-order valence-corrected chi connectivity index (χ4v) is 4.07. The van der Waals surface area contributed by atoms with Crippen LogP contribution in [0.25, 0.3) is 0 Å². The molecule has 4 rings (SSSR count). The van der Waals surface area contributed by atoms with Crippen LogP contribution < -0.4 is 15.5 Å². The third kappa shape index (κ3) is 3.98. The molecule has 2 N–H and O–H groups in total. The van der Waals surface area contributed by atoms with Crippen LogP contribution in [0.5, 0.6) is 0 Å². The van der Waals surface area contributed by atoms with Crippen molar-refractivity contribution in [1.82, 2.24) is 5.32 Å². The molecule has 1 aromatic carbocycles. The van der Waals surface area contributed by atoms with Gasteiger partial charge in [-0.05, 0) is 50.5 Å². The topological polar surface area (TPSA) is 83.8 Å². The summed E-state index contributed by atoms with van der Waals surface area (Å²) in [5, 5.41) is 6.41. The molecule has 7 nitrogen and oxygen atoms in total. The number of fused-ring (bicyclic) bond motifs is 1. The largest absolute Gasteiger partial charge is 0.467 e. The maximum atomic E-state index is 13.4. The number of nitrogens with zero attached hydrogens (tertiary/aromatic N) is 1. The molecule has 1 aliphatic heterocycles. The van der Waals surface area contributed by atoms with E-state index in [1.54, 1.807) is 17.2 Å². The number of ketones is 1. The first kappa shape index (κ1) is 20.2. The predicted molar refractivity (Wildman–Crippen MR) is 114 cm³/mol. The lowest BCUT2D eigenvalue weighted by Crippen LogP contribution is -2.44. The standard InChI is InChI=1S/C23H27N3O4/c1-2-29-14-7-13-24-23(28)26-18-10-4-3-8-16(18)25-17-9-5-11-19(27)21(17)22(26)20-12-6-15-30-20/h3-4,6,8,10,12,15,22,25H,2,5,7,9,11,13-14H2,1H3,(H,24,28). The van der Waals surface area contributed by atoms with Crippen molar-refractivity contribution in [3.8, 4) is 0 Å². The van der Waals surface area contributed by atoms with Crippen LogP contribution in [0.4, 0.5) is 16.2 Å². The lowest BCUT2D eigenvalue weighted by Gasteiger charge is -2.32. The molecule has 1 atom stereocenters. The molecule has 1 unspecified atom stereocenters. The monoisotopic (exact) mass is 409 g/mol. The van der Waals surface area contributed by atoms with Gasteiger partial charge in [-0.2, -0.15) is 0 Å². The molecule has 2 aliphatic rings. The second-order valence-corrected chi connectivity index (χ2v) is 7.38. The fraction of sp³-hybridized carbons (Fsp3) is 0.391. The number of carbonyl (C=O) groups excluding carboxylic acids is 2. The zero-order valence-electron chi connectivity index (χ0n) is 17.1. The molecule has 1 aromatic heterocycles. The molecule has 0 radical (unpaired) electrons. The van der Waals surface area contributed by atoms with Crippen LogP contribution in [0, 0.1) is 0 Å². The molecule has 30 heavy (non-hydrogen) atoms. The van der Waals surface area contributed by atoms with E-state index in [9.17, 15) is 9.59 Å². The van der Waals surface area contributed by atoms with Crippen molar-refractivity contribution < 1.29 is 18.7 Å². The summed E-state index contributed by atoms with van der Waals surface area (Å²) in [4.78, 5) is 28.1. The van der Waals surface area contributed by atoms with Crippen LogP contribution in [-0.4, -0.2) is 31.6 Å². The van der Waals surface area contributed by atoms with Crippen LogP contribution in [0.3, 0.4) is 0 Å². The number of para-hydroxylation sites is 2. The number of carbonyl (C=O) groups is 2. The first-order chi connectivity index (χ1) is 14.7. The Balaban J connectivity index is 1.75. The maximum absolute atomic E-state index is 13.4. The van der Waals surface area contributed by atoms with E-state index in [0.717, 1.165) is 24.2 Å². The van der Waals surface area contributed by atoms with Gasteiger partial charge in [-0.3, -0.25) is 9.69 Å². The number of anilines is 2. The number of urea groups is 1. The Labute approximate surface area is 176 Å². The van der Waals surface area contributed by atoms with Crippen molar-refractivity contribution in [2.75, 3.05) is 30.0 Å². The average Bonchev–Trinajstić information content (AvgIpc) is 3.23. The van der Waals surface area contributed by atoms with Crippen molar-refractivity contribution in [3.63, 3.8) is 0 Å². The average molecular weight is 409 g/mol. The molecule has 0 saturated carbocycles. The smallest absolute Gasteiger partial charge is 0.322 e. The van der Waals surface area contributed by atoms with Gasteiger partial charge in [-0.25, -0.2) is 4.79 Å². The van der Waals surface area contributed by atoms with Crippen LogP contribution in [0.1, 0.15) is 44.4 Å². The van der Waals surface area contributed by atoms with Gasteiger partial charge in [0.15, 0.2) is 5.78 Å². The molecule has 2 amide bonds. The van der Waals surface area contributed by atoms with E-state index in [2.05, 4.69) is 10.6 Å². The van der Waals surface area contributed by atoms with E-state index < -0.39 is 6.04 Å². The quantitative estimate of drug-likeness (QED) is 0.691. The highest BCUT2D eigenvalue weighted by atomic mass is 16.5. The normalized spacial score (nSPS) is 18.4. The number of Topliss-reactive ketones (excluding diaryl/α,β-unsaturated/α-hetero) is 1. The molecule has 2 heterocycles. The fourth-order valence-electron chi connectivity index (χ4n) is 4.07. The minimum Gasteiger partial charge on any atom is -0.467 e. The van der Waals surface area contributed by atoms with Crippen LogP contribution in [0.2, 0.25) is 0 Å². The van der Waals surface area contributed by atoms with Gasteiger partial charge in [0, 0.05) is 37.4 Å². The minimum absolute atomic E-state index is 0.0482. The van der Waals surface area contributed by atoms with Crippen molar-refractivity contribution in [2.45, 2.75) is 38.6 Å². The molecule has 0 bridgehead atoms. The van der Waals surface area contributed by atoms with Crippen LogP contribution in [0.15, 0.2) is 58.3 Å². The van der Waals surface area contributed by atoms with Gasteiger partial charge in [0.2, 0.25) is 0 Å². The highest BCUT2D eigenvalue weighted by Gasteiger charge is 2.40. The number of hydrogen-bond donors (Lipinski definition) is 2. The number of benzene rings is 1. The lowest BCUT2D eigenvalue weighted by atomic mass is 9.88. The number of ether oxygens (including phenoxy) is 1. The number of hydrogen-bond acceptors (Lipinski definition) is 5. The second kappa shape index (κ2) is 9.17. The summed E-state index contributed by atoms with van der Waals surface area (Å²) in [6.07, 6.45) is 4.31. The van der Waals surface area contributed by atoms with Gasteiger partial charge in [0.05, 0.1) is 17.6 Å². The number of amides is 2. The molecular weight excluding hydrogens is 382 g/mol. The molecule has 0 fully saturated rings. The minimum atomic E-state index is -0.620. The van der Waals surface area contributed by atoms with E-state index >= 15 is 0 Å². The van der Waals surface area contributed by atoms with Gasteiger partial charge in [0.25, 0.3) is 0 Å². The summed E-state index contributed by atoms with van der Waals surface area (Å²) in [6, 6.07) is 10.3. The summed E-state index contributed by atoms with van der Waals surface area (Å²) in [7, 11) is 0. The van der Waals surface area contributed by atoms with Gasteiger partial charge in [0.1, 0.15) is 11.8 Å². The number of furan rings is 1. The molecule has 0 spiro atoms. The van der Waals surface area contributed by atoms with E-state index in [1.807, 2.05) is 37.3 Å². The summed E-state index contributed by atoms with van der Waals surface area (Å²) in [6.45, 7) is 3.67. The van der Waals surface area contributed by atoms with Crippen molar-refractivity contribution >= 4 is 23.2 Å². The first-order valence-electron chi connectivity index (χ1n) is 10.5. The summed E-state index contributed by atoms with van der Waals surface area (Å²) in [5.74, 6) is 0.618. The highest BCUT2D eigenvalue weighted by Crippen LogP contribution is 2.44. The van der Waals surface area contributed by atoms with E-state index in [4.69, 9.17) is 9.15 Å². The second-order valence-electron chi connectivity index (χ2n) is 7.38. The van der Waals surface area contributed by atoms with Crippen molar-refractivity contribution in [3.05, 3.63) is 59.7 Å². The molecule has 2 aromatic rings. The Kier molecular flexibility index (Phi) is 6.18. The Morgan fingerprint density at radius 2 is 2.13 bits per heavy atom. The molecule has 7 heteroatoms. The van der Waals surface area contributed by atoms with Gasteiger partial charge in [-0.15, -0.1) is 0 Å². The van der Waals surface area contributed by atoms with Crippen molar-refractivity contribution in [2.24, 2.45) is 0 Å². The number of nitrogens with one attached hydrogen (secondary N) is 2. The van der Waals surface area contributed by atoms with Crippen LogP contribution in [-0.2, 0) is 9.53 Å². The summed E-state index contributed by atoms with van der Waals surface area (Å²) in [5.41, 5.74) is 2.99.